The lowest BCUT2D eigenvalue weighted by molar-refractivity contribution is -0.137. The zero-order valence-corrected chi connectivity index (χ0v) is 33.7. The van der Waals surface area contributed by atoms with Crippen LogP contribution in [0.15, 0.2) is 170 Å². The standard InChI is InChI=1S/C58H34F3N/c1-32-27-37(46-29-34(31-62)23-26-49(46)58(59,60)61)28-33(2)50(32)42-24-25-45-53-41(42)20-12-22-44(53)57-52(36-15-7-4-8-16-36)55-43-21-11-19-40-38-17-9-10-18-39(38)47(54(40)43)30-48(55)51(56(45)57)35-13-5-3-6-14-35/h3-30H,1-2H3. The molecule has 0 unspecified atom stereocenters. The lowest BCUT2D eigenvalue weighted by Crippen LogP contribution is -2.07. The zero-order chi connectivity index (χ0) is 42.0. The molecule has 0 amide bonds. The van der Waals surface area contributed by atoms with Crippen molar-refractivity contribution in [2.45, 2.75) is 20.0 Å². The fourth-order valence-corrected chi connectivity index (χ4v) is 10.9. The Morgan fingerprint density at radius 2 is 0.903 bits per heavy atom. The third kappa shape index (κ3) is 5.03. The van der Waals surface area contributed by atoms with Gasteiger partial charge in [0, 0.05) is 0 Å². The summed E-state index contributed by atoms with van der Waals surface area (Å²) >= 11 is 0. The average Bonchev–Trinajstić information content (AvgIpc) is 3.80. The van der Waals surface area contributed by atoms with Gasteiger partial charge >= 0.3 is 6.18 Å². The number of alkyl halides is 3. The van der Waals surface area contributed by atoms with E-state index in [-0.39, 0.29) is 11.1 Å². The molecule has 0 heterocycles. The summed E-state index contributed by atoms with van der Waals surface area (Å²) in [6, 6.07) is 59.8. The molecule has 292 valence electrons. The van der Waals surface area contributed by atoms with Gasteiger partial charge in [0.2, 0.25) is 0 Å². The van der Waals surface area contributed by atoms with Crippen molar-refractivity contribution in [1.29, 1.82) is 5.26 Å². The second kappa shape index (κ2) is 13.1. The molecule has 0 fully saturated rings. The van der Waals surface area contributed by atoms with Gasteiger partial charge < -0.3 is 0 Å². The van der Waals surface area contributed by atoms with Gasteiger partial charge in [0.15, 0.2) is 0 Å². The van der Waals surface area contributed by atoms with Crippen LogP contribution in [0.2, 0.25) is 0 Å². The van der Waals surface area contributed by atoms with Crippen LogP contribution in [-0.2, 0) is 6.18 Å². The molecular formula is C58H34F3N. The molecule has 0 saturated carbocycles. The summed E-state index contributed by atoms with van der Waals surface area (Å²) in [5.74, 6) is 0. The molecular weight excluding hydrogens is 768 g/mol. The maximum absolute atomic E-state index is 14.3. The molecule has 0 aliphatic carbocycles. The minimum atomic E-state index is -4.57. The maximum atomic E-state index is 14.3. The van der Waals surface area contributed by atoms with Crippen LogP contribution in [0.5, 0.6) is 0 Å². The van der Waals surface area contributed by atoms with Crippen molar-refractivity contribution in [2.24, 2.45) is 0 Å². The van der Waals surface area contributed by atoms with E-state index in [1.165, 1.54) is 77.1 Å². The molecule has 4 heteroatoms. The van der Waals surface area contributed by atoms with Gasteiger partial charge in [-0.1, -0.05) is 146 Å². The van der Waals surface area contributed by atoms with E-state index in [0.717, 1.165) is 61.0 Å². The van der Waals surface area contributed by atoms with E-state index in [4.69, 9.17) is 0 Å². The number of halogens is 3. The average molecular weight is 802 g/mol. The first-order valence-corrected chi connectivity index (χ1v) is 20.8. The molecule has 0 atom stereocenters. The highest BCUT2D eigenvalue weighted by Crippen LogP contribution is 2.55. The summed E-state index contributed by atoms with van der Waals surface area (Å²) in [6.45, 7) is 3.94. The number of nitriles is 1. The quantitative estimate of drug-likeness (QED) is 0.163. The van der Waals surface area contributed by atoms with Gasteiger partial charge in [0.25, 0.3) is 0 Å². The van der Waals surface area contributed by atoms with Gasteiger partial charge in [0.05, 0.1) is 17.2 Å². The molecule has 12 aromatic rings. The normalized spacial score (nSPS) is 12.3. The van der Waals surface area contributed by atoms with Crippen LogP contribution >= 0.6 is 0 Å². The molecule has 1 nitrogen and oxygen atoms in total. The summed E-state index contributed by atoms with van der Waals surface area (Å²) < 4.78 is 43.0. The number of aryl methyl sites for hydroxylation is 2. The minimum Gasteiger partial charge on any atom is -0.192 e. The fourth-order valence-electron chi connectivity index (χ4n) is 10.9. The van der Waals surface area contributed by atoms with E-state index >= 15 is 0 Å². The topological polar surface area (TPSA) is 23.8 Å². The minimum absolute atomic E-state index is 0.00468. The second-order valence-corrected chi connectivity index (χ2v) is 16.6. The van der Waals surface area contributed by atoms with Gasteiger partial charge in [-0.3, -0.25) is 0 Å². The van der Waals surface area contributed by atoms with E-state index in [1.807, 2.05) is 32.0 Å². The molecule has 0 spiro atoms. The SMILES string of the molecule is Cc1cc(-c2cc(C#N)ccc2C(F)(F)F)cc(C)c1-c1ccc2c3c(-c4ccccc4)c4cc5c6ccccc6c6cccc(c4c(-c4ccccc4)c3c3cccc1c23)c65. The van der Waals surface area contributed by atoms with Crippen molar-refractivity contribution in [2.75, 3.05) is 0 Å². The van der Waals surface area contributed by atoms with E-state index in [0.29, 0.717) is 5.56 Å². The van der Waals surface area contributed by atoms with Crippen molar-refractivity contribution in [3.05, 3.63) is 192 Å². The molecule has 0 aliphatic rings. The first-order chi connectivity index (χ1) is 30.2. The number of nitrogens with zero attached hydrogens (tertiary/aromatic N) is 1. The van der Waals surface area contributed by atoms with Crippen molar-refractivity contribution in [3.8, 4) is 50.6 Å². The Labute approximate surface area is 355 Å². The highest BCUT2D eigenvalue weighted by Gasteiger charge is 2.34. The summed E-state index contributed by atoms with van der Waals surface area (Å²) in [5, 5.41) is 26.6. The van der Waals surface area contributed by atoms with E-state index in [2.05, 4.69) is 140 Å². The van der Waals surface area contributed by atoms with Crippen molar-refractivity contribution >= 4 is 75.4 Å². The van der Waals surface area contributed by atoms with Crippen LogP contribution in [0, 0.1) is 25.2 Å². The van der Waals surface area contributed by atoms with Gasteiger partial charge in [-0.25, -0.2) is 0 Å². The zero-order valence-electron chi connectivity index (χ0n) is 33.7. The van der Waals surface area contributed by atoms with E-state index in [9.17, 15) is 18.4 Å². The number of benzene rings is 10. The molecule has 0 aliphatic heterocycles. The van der Waals surface area contributed by atoms with Crippen LogP contribution in [0.25, 0.3) is 120 Å². The highest BCUT2D eigenvalue weighted by atomic mass is 19.4. The monoisotopic (exact) mass is 801 g/mol. The number of hydrogen-bond acceptors (Lipinski definition) is 1. The van der Waals surface area contributed by atoms with E-state index in [1.54, 1.807) is 0 Å². The molecule has 0 saturated heterocycles. The second-order valence-electron chi connectivity index (χ2n) is 16.6. The Kier molecular flexibility index (Phi) is 7.65. The predicted octanol–water partition coefficient (Wildman–Crippen LogP) is 16.8. The molecule has 0 radical (unpaired) electrons. The molecule has 12 aromatic carbocycles. The molecule has 12 rings (SSSR count). The molecule has 0 aromatic heterocycles. The summed E-state index contributed by atoms with van der Waals surface area (Å²) in [5.41, 5.74) is 8.29. The van der Waals surface area contributed by atoms with Gasteiger partial charge in [-0.2, -0.15) is 18.4 Å². The largest absolute Gasteiger partial charge is 0.417 e. The Bertz CT molecular complexity index is 3830. The van der Waals surface area contributed by atoms with Crippen molar-refractivity contribution < 1.29 is 13.2 Å². The maximum Gasteiger partial charge on any atom is 0.417 e. The highest BCUT2D eigenvalue weighted by molar-refractivity contribution is 6.45. The Morgan fingerprint density at radius 3 is 1.56 bits per heavy atom. The Hall–Kier alpha value is -7.74. The Morgan fingerprint density at radius 1 is 0.371 bits per heavy atom. The number of rotatable bonds is 4. The third-order valence-electron chi connectivity index (χ3n) is 13.2. The lowest BCUT2D eigenvalue weighted by Gasteiger charge is -2.19. The number of fused-ring (bicyclic) bond motifs is 8. The first-order valence-electron chi connectivity index (χ1n) is 20.8. The summed E-state index contributed by atoms with van der Waals surface area (Å²) in [6.07, 6.45) is -4.57. The van der Waals surface area contributed by atoms with Crippen molar-refractivity contribution in [3.63, 3.8) is 0 Å². The van der Waals surface area contributed by atoms with Crippen LogP contribution < -0.4 is 0 Å². The van der Waals surface area contributed by atoms with Gasteiger partial charge in [-0.15, -0.1) is 0 Å². The lowest BCUT2D eigenvalue weighted by atomic mass is 9.84. The van der Waals surface area contributed by atoms with Gasteiger partial charge in [0.1, 0.15) is 0 Å². The van der Waals surface area contributed by atoms with Crippen LogP contribution in [0.1, 0.15) is 22.3 Å². The summed E-state index contributed by atoms with van der Waals surface area (Å²) in [4.78, 5) is 0. The smallest absolute Gasteiger partial charge is 0.192 e. The third-order valence-corrected chi connectivity index (χ3v) is 13.2. The molecule has 62 heavy (non-hydrogen) atoms. The number of hydrogen-bond donors (Lipinski definition) is 0. The Balaban J connectivity index is 1.23. The molecule has 0 bridgehead atoms. The van der Waals surface area contributed by atoms with Crippen LogP contribution in [0.3, 0.4) is 0 Å². The van der Waals surface area contributed by atoms with Crippen molar-refractivity contribution in [1.82, 2.24) is 0 Å². The van der Waals surface area contributed by atoms with Crippen LogP contribution in [0.4, 0.5) is 13.2 Å². The fraction of sp³-hybridized carbons (Fsp3) is 0.0517. The summed E-state index contributed by atoms with van der Waals surface area (Å²) in [7, 11) is 0. The molecule has 0 N–H and O–H groups in total. The van der Waals surface area contributed by atoms with Crippen LogP contribution in [-0.4, -0.2) is 0 Å². The van der Waals surface area contributed by atoms with E-state index < -0.39 is 11.7 Å². The predicted molar refractivity (Wildman–Crippen MR) is 252 cm³/mol. The van der Waals surface area contributed by atoms with Gasteiger partial charge in [-0.05, 0) is 169 Å². The first kappa shape index (κ1) is 36.1.